The highest BCUT2D eigenvalue weighted by Gasteiger charge is 2.17. The number of aromatic nitrogens is 2. The molecule has 1 aromatic heterocycles. The van der Waals surface area contributed by atoms with Gasteiger partial charge in [-0.25, -0.2) is 4.98 Å². The fourth-order valence-electron chi connectivity index (χ4n) is 1.82. The third-order valence-electron chi connectivity index (χ3n) is 2.86. The number of hydrogen-bond acceptors (Lipinski definition) is 5. The zero-order chi connectivity index (χ0) is 12.3. The van der Waals surface area contributed by atoms with Gasteiger partial charge in [-0.05, 0) is 7.05 Å². The molecule has 1 aromatic rings. The van der Waals surface area contributed by atoms with Crippen LogP contribution in [0, 0.1) is 0 Å². The summed E-state index contributed by atoms with van der Waals surface area (Å²) in [5, 5.41) is 3.05. The molecule has 1 aliphatic heterocycles. The van der Waals surface area contributed by atoms with Gasteiger partial charge < -0.3 is 19.5 Å². The van der Waals surface area contributed by atoms with Crippen molar-refractivity contribution >= 4 is 5.82 Å². The normalized spacial score (nSPS) is 21.4. The van der Waals surface area contributed by atoms with Crippen molar-refractivity contribution in [3.8, 4) is 0 Å². The number of ether oxygens (including phenoxy) is 1. The maximum atomic E-state index is 11.7. The van der Waals surface area contributed by atoms with Gasteiger partial charge in [0.25, 0.3) is 5.56 Å². The number of rotatable bonds is 3. The Bertz CT molecular complexity index is 432. The van der Waals surface area contributed by atoms with Crippen LogP contribution in [-0.4, -0.2) is 53.8 Å². The molecule has 94 valence electrons. The van der Waals surface area contributed by atoms with Gasteiger partial charge in [0.15, 0.2) is 5.82 Å². The van der Waals surface area contributed by atoms with Gasteiger partial charge in [-0.1, -0.05) is 0 Å². The van der Waals surface area contributed by atoms with E-state index in [1.165, 1.54) is 4.57 Å². The first kappa shape index (κ1) is 12.1. The molecule has 2 rings (SSSR count). The third-order valence-corrected chi connectivity index (χ3v) is 2.86. The highest BCUT2D eigenvalue weighted by Crippen LogP contribution is 2.03. The van der Waals surface area contributed by atoms with Crippen molar-refractivity contribution in [2.75, 3.05) is 38.6 Å². The van der Waals surface area contributed by atoms with Crippen LogP contribution >= 0.6 is 0 Å². The van der Waals surface area contributed by atoms with Gasteiger partial charge in [0.1, 0.15) is 0 Å². The van der Waals surface area contributed by atoms with Crippen LogP contribution in [0.5, 0.6) is 0 Å². The lowest BCUT2D eigenvalue weighted by atomic mass is 10.3. The third kappa shape index (κ3) is 3.04. The number of aryl methyl sites for hydroxylation is 1. The second kappa shape index (κ2) is 5.29. The average Bonchev–Trinajstić information content (AvgIpc) is 2.31. The summed E-state index contributed by atoms with van der Waals surface area (Å²) < 4.78 is 7.10. The molecule has 1 saturated heterocycles. The molecular weight excluding hydrogens is 220 g/mol. The molecule has 0 spiro atoms. The number of nitrogens with one attached hydrogen (secondary N) is 1. The Balaban J connectivity index is 1.93. The van der Waals surface area contributed by atoms with Crippen molar-refractivity contribution in [3.63, 3.8) is 0 Å². The van der Waals surface area contributed by atoms with Crippen LogP contribution in [0.1, 0.15) is 0 Å². The first-order chi connectivity index (χ1) is 8.16. The predicted molar refractivity (Wildman–Crippen MR) is 65.2 cm³/mol. The molecule has 1 unspecified atom stereocenters. The molecule has 0 bridgehead atoms. The summed E-state index contributed by atoms with van der Waals surface area (Å²) in [6.07, 6.45) is 3.36. The fourth-order valence-corrected chi connectivity index (χ4v) is 1.82. The zero-order valence-electron chi connectivity index (χ0n) is 10.2. The average molecular weight is 238 g/mol. The molecule has 0 amide bonds. The summed E-state index contributed by atoms with van der Waals surface area (Å²) in [6.45, 7) is 3.18. The van der Waals surface area contributed by atoms with Gasteiger partial charge in [-0.3, -0.25) is 4.79 Å². The van der Waals surface area contributed by atoms with E-state index in [-0.39, 0.29) is 11.7 Å². The topological polar surface area (TPSA) is 59.4 Å². The van der Waals surface area contributed by atoms with Crippen LogP contribution in [0.25, 0.3) is 0 Å². The molecule has 0 aromatic carbocycles. The van der Waals surface area contributed by atoms with Crippen molar-refractivity contribution in [1.29, 1.82) is 0 Å². The van der Waals surface area contributed by atoms with Crippen molar-refractivity contribution < 1.29 is 4.74 Å². The Labute approximate surface area is 100 Å². The van der Waals surface area contributed by atoms with Crippen LogP contribution < -0.4 is 10.9 Å². The first-order valence-corrected chi connectivity index (χ1v) is 5.72. The van der Waals surface area contributed by atoms with Crippen molar-refractivity contribution in [2.45, 2.75) is 6.10 Å². The van der Waals surface area contributed by atoms with Gasteiger partial charge in [-0.2, -0.15) is 0 Å². The summed E-state index contributed by atoms with van der Waals surface area (Å²) >= 11 is 0. The summed E-state index contributed by atoms with van der Waals surface area (Å²) in [7, 11) is 3.77. The minimum absolute atomic E-state index is 0.112. The Morgan fingerprint density at radius 3 is 3.18 bits per heavy atom. The van der Waals surface area contributed by atoms with Crippen molar-refractivity contribution in [2.24, 2.45) is 7.05 Å². The lowest BCUT2D eigenvalue weighted by Crippen LogP contribution is -2.43. The molecule has 0 saturated carbocycles. The van der Waals surface area contributed by atoms with Crippen LogP contribution in [0.3, 0.4) is 0 Å². The molecule has 1 fully saturated rings. The Hall–Kier alpha value is -1.40. The maximum Gasteiger partial charge on any atom is 0.293 e. The molecular formula is C11H18N4O2. The summed E-state index contributed by atoms with van der Waals surface area (Å²) in [4.78, 5) is 17.9. The molecule has 0 radical (unpaired) electrons. The number of anilines is 1. The highest BCUT2D eigenvalue weighted by atomic mass is 16.5. The van der Waals surface area contributed by atoms with Gasteiger partial charge in [0, 0.05) is 39.1 Å². The molecule has 6 heteroatoms. The molecule has 1 N–H and O–H groups in total. The van der Waals surface area contributed by atoms with Gasteiger partial charge >= 0.3 is 0 Å². The molecule has 17 heavy (non-hydrogen) atoms. The molecule has 6 nitrogen and oxygen atoms in total. The SMILES string of the molecule is CN1CCOC(CNc2nccn(C)c2=O)C1. The van der Waals surface area contributed by atoms with Crippen LogP contribution in [0.2, 0.25) is 0 Å². The van der Waals surface area contributed by atoms with E-state index in [1.54, 1.807) is 19.4 Å². The Kier molecular flexibility index (Phi) is 3.75. The standard InChI is InChI=1S/C11H18N4O2/c1-14-5-6-17-9(8-14)7-13-10-11(16)15(2)4-3-12-10/h3-4,9H,5-8H2,1-2H3,(H,12,13). The molecule has 1 aliphatic rings. The van der Waals surface area contributed by atoms with Gasteiger partial charge in [0.2, 0.25) is 0 Å². The van der Waals surface area contributed by atoms with E-state index in [0.717, 1.165) is 19.7 Å². The molecule has 0 aliphatic carbocycles. The van der Waals surface area contributed by atoms with Crippen molar-refractivity contribution in [1.82, 2.24) is 14.5 Å². The van der Waals surface area contributed by atoms with Gasteiger partial charge in [-0.15, -0.1) is 0 Å². The Morgan fingerprint density at radius 1 is 1.59 bits per heavy atom. The number of morpholine rings is 1. The van der Waals surface area contributed by atoms with E-state index in [4.69, 9.17) is 4.74 Å². The van der Waals surface area contributed by atoms with Crippen LogP contribution in [0.4, 0.5) is 5.82 Å². The number of likely N-dealkylation sites (N-methyl/N-ethyl adjacent to an activating group) is 1. The van der Waals surface area contributed by atoms with Gasteiger partial charge in [0.05, 0.1) is 12.7 Å². The summed E-state index contributed by atoms with van der Waals surface area (Å²) in [5.41, 5.74) is -0.114. The molecule has 2 heterocycles. The second-order valence-electron chi connectivity index (χ2n) is 4.33. The number of nitrogens with zero attached hydrogens (tertiary/aromatic N) is 3. The summed E-state index contributed by atoms with van der Waals surface area (Å²) in [6, 6.07) is 0. The smallest absolute Gasteiger partial charge is 0.293 e. The summed E-state index contributed by atoms with van der Waals surface area (Å²) in [5.74, 6) is 0.381. The minimum Gasteiger partial charge on any atom is -0.374 e. The van der Waals surface area contributed by atoms with Crippen LogP contribution in [0.15, 0.2) is 17.2 Å². The predicted octanol–water partition coefficient (Wildman–Crippen LogP) is -0.477. The van der Waals surface area contributed by atoms with E-state index < -0.39 is 0 Å². The van der Waals surface area contributed by atoms with E-state index in [9.17, 15) is 4.79 Å². The zero-order valence-corrected chi connectivity index (χ0v) is 10.2. The van der Waals surface area contributed by atoms with E-state index in [0.29, 0.717) is 12.4 Å². The molecule has 1 atom stereocenters. The van der Waals surface area contributed by atoms with E-state index in [1.807, 2.05) is 0 Å². The largest absolute Gasteiger partial charge is 0.374 e. The fraction of sp³-hybridized carbons (Fsp3) is 0.636. The second-order valence-corrected chi connectivity index (χ2v) is 4.33. The first-order valence-electron chi connectivity index (χ1n) is 5.72. The van der Waals surface area contributed by atoms with E-state index in [2.05, 4.69) is 22.2 Å². The Morgan fingerprint density at radius 2 is 2.41 bits per heavy atom. The minimum atomic E-state index is -0.114. The lowest BCUT2D eigenvalue weighted by molar-refractivity contribution is -0.0117. The van der Waals surface area contributed by atoms with E-state index >= 15 is 0 Å². The quantitative estimate of drug-likeness (QED) is 0.771. The highest BCUT2D eigenvalue weighted by molar-refractivity contribution is 5.30. The number of hydrogen-bond donors (Lipinski definition) is 1. The lowest BCUT2D eigenvalue weighted by Gasteiger charge is -2.30. The maximum absolute atomic E-state index is 11.7. The monoisotopic (exact) mass is 238 g/mol. The van der Waals surface area contributed by atoms with Crippen molar-refractivity contribution in [3.05, 3.63) is 22.7 Å². The van der Waals surface area contributed by atoms with Crippen LogP contribution in [-0.2, 0) is 11.8 Å².